The Labute approximate surface area is 170 Å². The van der Waals surface area contributed by atoms with Crippen molar-refractivity contribution in [2.75, 3.05) is 0 Å². The molecule has 0 amide bonds. The lowest BCUT2D eigenvalue weighted by Gasteiger charge is -2.27. The van der Waals surface area contributed by atoms with Crippen LogP contribution in [-0.4, -0.2) is 0 Å². The maximum atomic E-state index is 13.4. The Balaban J connectivity index is 0.000000330. The third kappa shape index (κ3) is 7.22. The highest BCUT2D eigenvalue weighted by Gasteiger charge is 2.22. The minimum Gasteiger partial charge on any atom is -0.207 e. The van der Waals surface area contributed by atoms with Crippen LogP contribution >= 0.6 is 0 Å². The second-order valence-corrected chi connectivity index (χ2v) is 8.66. The summed E-state index contributed by atoms with van der Waals surface area (Å²) in [5, 5.41) is 0. The maximum absolute atomic E-state index is 13.4. The van der Waals surface area contributed by atoms with Crippen LogP contribution < -0.4 is 0 Å². The Morgan fingerprint density at radius 3 is 1.68 bits per heavy atom. The summed E-state index contributed by atoms with van der Waals surface area (Å²) < 4.78 is 26.8. The zero-order valence-corrected chi connectivity index (χ0v) is 18.8. The van der Waals surface area contributed by atoms with Gasteiger partial charge in [0.15, 0.2) is 0 Å². The van der Waals surface area contributed by atoms with Crippen LogP contribution in [0.5, 0.6) is 0 Å². The molecule has 0 aliphatic heterocycles. The van der Waals surface area contributed by atoms with Gasteiger partial charge in [0.05, 0.1) is 0 Å². The van der Waals surface area contributed by atoms with Crippen molar-refractivity contribution in [1.29, 1.82) is 0 Å². The van der Waals surface area contributed by atoms with E-state index in [4.69, 9.17) is 0 Å². The van der Waals surface area contributed by atoms with E-state index in [1.165, 1.54) is 28.8 Å². The predicted molar refractivity (Wildman–Crippen MR) is 119 cm³/mol. The summed E-state index contributed by atoms with van der Waals surface area (Å²) >= 11 is 0. The van der Waals surface area contributed by atoms with Gasteiger partial charge >= 0.3 is 0 Å². The monoisotopic (exact) mass is 386 g/mol. The normalized spacial score (nSPS) is 11.1. The second-order valence-electron chi connectivity index (χ2n) is 8.66. The SMILES string of the molecule is CCC(CC)=C(c1cc(F)cc(F)c1)C(C)(C)C.Cc1ccc(C(C)C)cc1. The molecule has 0 spiro atoms. The van der Waals surface area contributed by atoms with Gasteiger partial charge in [-0.05, 0) is 59.9 Å². The van der Waals surface area contributed by atoms with Gasteiger partial charge in [-0.15, -0.1) is 0 Å². The number of hydrogen-bond donors (Lipinski definition) is 0. The number of rotatable bonds is 4. The van der Waals surface area contributed by atoms with E-state index in [1.807, 2.05) is 0 Å². The van der Waals surface area contributed by atoms with E-state index in [9.17, 15) is 8.78 Å². The third-order valence-electron chi connectivity index (χ3n) is 4.85. The maximum Gasteiger partial charge on any atom is 0.126 e. The predicted octanol–water partition coefficient (Wildman–Crippen LogP) is 8.70. The molecule has 0 radical (unpaired) electrons. The molecule has 2 heteroatoms. The van der Waals surface area contributed by atoms with Crippen molar-refractivity contribution in [2.24, 2.45) is 5.41 Å². The first kappa shape index (κ1) is 24.1. The van der Waals surface area contributed by atoms with Crippen molar-refractivity contribution in [3.63, 3.8) is 0 Å². The Morgan fingerprint density at radius 2 is 1.32 bits per heavy atom. The number of allylic oxidation sites excluding steroid dienone is 2. The molecule has 0 saturated heterocycles. The molecule has 0 nitrogen and oxygen atoms in total. The van der Waals surface area contributed by atoms with Crippen LogP contribution in [0.25, 0.3) is 5.57 Å². The van der Waals surface area contributed by atoms with E-state index >= 15 is 0 Å². The molecule has 0 fully saturated rings. The van der Waals surface area contributed by atoms with E-state index in [0.717, 1.165) is 24.5 Å². The Morgan fingerprint density at radius 1 is 0.857 bits per heavy atom. The van der Waals surface area contributed by atoms with Gasteiger partial charge in [0, 0.05) is 6.07 Å². The van der Waals surface area contributed by atoms with E-state index in [2.05, 4.69) is 79.7 Å². The van der Waals surface area contributed by atoms with E-state index in [0.29, 0.717) is 11.5 Å². The third-order valence-corrected chi connectivity index (χ3v) is 4.85. The molecule has 0 bridgehead atoms. The highest BCUT2D eigenvalue weighted by molar-refractivity contribution is 5.72. The minimum atomic E-state index is -0.515. The molecule has 0 aliphatic rings. The highest BCUT2D eigenvalue weighted by Crippen LogP contribution is 2.39. The number of hydrogen-bond acceptors (Lipinski definition) is 0. The van der Waals surface area contributed by atoms with E-state index < -0.39 is 11.6 Å². The van der Waals surface area contributed by atoms with Crippen molar-refractivity contribution in [3.05, 3.63) is 76.4 Å². The summed E-state index contributed by atoms with van der Waals surface area (Å²) in [6, 6.07) is 12.5. The van der Waals surface area contributed by atoms with Gasteiger partial charge < -0.3 is 0 Å². The quantitative estimate of drug-likeness (QED) is 0.493. The smallest absolute Gasteiger partial charge is 0.126 e. The van der Waals surface area contributed by atoms with E-state index in [1.54, 1.807) is 0 Å². The molecule has 0 saturated carbocycles. The first-order valence-corrected chi connectivity index (χ1v) is 10.2. The number of halogens is 2. The molecule has 0 unspecified atom stereocenters. The van der Waals surface area contributed by atoms with Crippen LogP contribution in [0.3, 0.4) is 0 Å². The van der Waals surface area contributed by atoms with E-state index in [-0.39, 0.29) is 5.41 Å². The summed E-state index contributed by atoms with van der Waals surface area (Å²) in [7, 11) is 0. The largest absolute Gasteiger partial charge is 0.207 e. The van der Waals surface area contributed by atoms with Gasteiger partial charge in [-0.3, -0.25) is 0 Å². The zero-order chi connectivity index (χ0) is 21.5. The summed E-state index contributed by atoms with van der Waals surface area (Å²) in [5.41, 5.74) is 5.62. The lowest BCUT2D eigenvalue weighted by molar-refractivity contribution is 0.553. The summed E-state index contributed by atoms with van der Waals surface area (Å²) in [6.07, 6.45) is 1.81. The van der Waals surface area contributed by atoms with Crippen molar-refractivity contribution in [2.45, 2.75) is 74.1 Å². The molecular formula is C26H36F2. The van der Waals surface area contributed by atoms with Crippen molar-refractivity contribution >= 4 is 5.57 Å². The zero-order valence-electron chi connectivity index (χ0n) is 18.8. The van der Waals surface area contributed by atoms with Crippen LogP contribution in [0.4, 0.5) is 8.78 Å². The summed E-state index contributed by atoms with van der Waals surface area (Å²) in [6.45, 7) is 16.9. The van der Waals surface area contributed by atoms with Crippen LogP contribution in [0.15, 0.2) is 48.0 Å². The standard InChI is InChI=1S/C16H22F2.C10H14/c1-6-11(7-2)15(16(3,4)5)12-8-13(17)10-14(18)9-12;1-8(2)10-6-4-9(3)5-7-10/h8-10H,6-7H2,1-5H3;4-8H,1-3H3. The fourth-order valence-corrected chi connectivity index (χ4v) is 3.42. The minimum absolute atomic E-state index is 0.123. The van der Waals surface area contributed by atoms with Gasteiger partial charge in [-0.1, -0.05) is 83.9 Å². The van der Waals surface area contributed by atoms with Crippen molar-refractivity contribution in [3.8, 4) is 0 Å². The molecule has 2 aromatic rings. The highest BCUT2D eigenvalue weighted by atomic mass is 19.1. The molecule has 28 heavy (non-hydrogen) atoms. The molecule has 154 valence electrons. The summed E-state index contributed by atoms with van der Waals surface area (Å²) in [5.74, 6) is -0.378. The Hall–Kier alpha value is -1.96. The lowest BCUT2D eigenvalue weighted by atomic mass is 9.78. The fraction of sp³-hybridized carbons (Fsp3) is 0.462. The molecule has 0 atom stereocenters. The molecule has 2 aromatic carbocycles. The lowest BCUT2D eigenvalue weighted by Crippen LogP contribution is -2.11. The van der Waals surface area contributed by atoms with Gasteiger partial charge in [-0.25, -0.2) is 8.78 Å². The topological polar surface area (TPSA) is 0 Å². The van der Waals surface area contributed by atoms with Crippen LogP contribution in [0, 0.1) is 24.0 Å². The Kier molecular flexibility index (Phi) is 9.07. The molecular weight excluding hydrogens is 350 g/mol. The van der Waals surface area contributed by atoms with Crippen molar-refractivity contribution < 1.29 is 8.78 Å². The van der Waals surface area contributed by atoms with Gasteiger partial charge in [0.25, 0.3) is 0 Å². The average molecular weight is 387 g/mol. The number of benzene rings is 2. The second kappa shape index (κ2) is 10.5. The van der Waals surface area contributed by atoms with Crippen LogP contribution in [0.1, 0.15) is 83.9 Å². The van der Waals surface area contributed by atoms with Gasteiger partial charge in [0.2, 0.25) is 0 Å². The first-order valence-electron chi connectivity index (χ1n) is 10.2. The van der Waals surface area contributed by atoms with Crippen LogP contribution in [-0.2, 0) is 0 Å². The van der Waals surface area contributed by atoms with Crippen LogP contribution in [0.2, 0.25) is 0 Å². The van der Waals surface area contributed by atoms with Gasteiger partial charge in [-0.2, -0.15) is 0 Å². The molecule has 0 aliphatic carbocycles. The Bertz CT molecular complexity index is 749. The average Bonchev–Trinajstić information content (AvgIpc) is 2.58. The molecule has 0 heterocycles. The molecule has 0 N–H and O–H groups in total. The molecule has 0 aromatic heterocycles. The summed E-state index contributed by atoms with van der Waals surface area (Å²) in [4.78, 5) is 0. The fourth-order valence-electron chi connectivity index (χ4n) is 3.42. The number of aryl methyl sites for hydroxylation is 1. The molecule has 2 rings (SSSR count). The first-order chi connectivity index (χ1) is 13.0. The van der Waals surface area contributed by atoms with Crippen molar-refractivity contribution in [1.82, 2.24) is 0 Å². The van der Waals surface area contributed by atoms with Gasteiger partial charge in [0.1, 0.15) is 11.6 Å².